The van der Waals surface area contributed by atoms with Crippen LogP contribution < -0.4 is 0 Å². The Morgan fingerprint density at radius 1 is 0.950 bits per heavy atom. The molecule has 0 unspecified atom stereocenters. The molecule has 0 bridgehead atoms. The van der Waals surface area contributed by atoms with Gasteiger partial charge in [-0.1, -0.05) is 30.3 Å². The van der Waals surface area contributed by atoms with Gasteiger partial charge in [0.25, 0.3) is 0 Å². The highest BCUT2D eigenvalue weighted by molar-refractivity contribution is 6.11. The van der Waals surface area contributed by atoms with E-state index < -0.39 is 0 Å². The van der Waals surface area contributed by atoms with Crippen molar-refractivity contribution in [2.24, 2.45) is 0 Å². The quantitative estimate of drug-likeness (QED) is 0.657. The highest BCUT2D eigenvalue weighted by atomic mass is 16.1. The average molecular weight is 265 g/mol. The Hall–Kier alpha value is -2.22. The van der Waals surface area contributed by atoms with Crippen LogP contribution in [0.5, 0.6) is 0 Å². The van der Waals surface area contributed by atoms with Crippen molar-refractivity contribution < 1.29 is 4.79 Å². The molecule has 0 fully saturated rings. The molecule has 0 saturated carbocycles. The fraction of sp³-hybridized carbons (Fsp3) is 0.222. The Bertz CT molecular complexity index is 655. The number of benzene rings is 2. The molecule has 0 aromatic heterocycles. The van der Waals surface area contributed by atoms with Crippen LogP contribution in [0.1, 0.15) is 43.7 Å². The molecule has 2 aromatic rings. The first-order valence-electron chi connectivity index (χ1n) is 6.68. The van der Waals surface area contributed by atoms with Crippen molar-refractivity contribution in [1.82, 2.24) is 0 Å². The zero-order valence-electron chi connectivity index (χ0n) is 12.4. The van der Waals surface area contributed by atoms with Gasteiger partial charge in [-0.05, 0) is 55.5 Å². The molecule has 1 N–H and O–H groups in total. The topological polar surface area (TPSA) is 40.9 Å². The van der Waals surface area contributed by atoms with Gasteiger partial charge in [-0.25, -0.2) is 0 Å². The Morgan fingerprint density at radius 3 is 1.90 bits per heavy atom. The third-order valence-corrected chi connectivity index (χ3v) is 3.93. The molecular weight excluding hydrogens is 246 g/mol. The molecule has 2 aromatic carbocycles. The number of carbonyl (C=O) groups excluding carboxylic acids is 1. The standard InChI is InChI=1S/C18H19NO/c1-11-9-12(2)14(4)17(13(11)3)18(20)16-7-5-15(10-19)6-8-16/h5-10,19H,1-4H3. The summed E-state index contributed by atoms with van der Waals surface area (Å²) in [6.45, 7) is 8.08. The van der Waals surface area contributed by atoms with Crippen LogP contribution in [0.3, 0.4) is 0 Å². The lowest BCUT2D eigenvalue weighted by molar-refractivity contribution is 0.103. The van der Waals surface area contributed by atoms with Crippen molar-refractivity contribution in [2.75, 3.05) is 0 Å². The molecule has 0 heterocycles. The minimum atomic E-state index is 0.0586. The molecule has 102 valence electrons. The van der Waals surface area contributed by atoms with Gasteiger partial charge in [0.05, 0.1) is 0 Å². The molecule has 2 nitrogen and oxygen atoms in total. The number of nitrogens with one attached hydrogen (secondary N) is 1. The highest BCUT2D eigenvalue weighted by Crippen LogP contribution is 2.24. The van der Waals surface area contributed by atoms with Crippen LogP contribution in [0.4, 0.5) is 0 Å². The van der Waals surface area contributed by atoms with Gasteiger partial charge in [0, 0.05) is 17.3 Å². The summed E-state index contributed by atoms with van der Waals surface area (Å²) in [6.07, 6.45) is 1.28. The van der Waals surface area contributed by atoms with Gasteiger partial charge in [-0.2, -0.15) is 0 Å². The van der Waals surface area contributed by atoms with Crippen LogP contribution in [0.25, 0.3) is 0 Å². The van der Waals surface area contributed by atoms with E-state index >= 15 is 0 Å². The van der Waals surface area contributed by atoms with Crippen LogP contribution in [-0.4, -0.2) is 12.0 Å². The van der Waals surface area contributed by atoms with E-state index in [1.807, 2.05) is 27.7 Å². The van der Waals surface area contributed by atoms with Crippen molar-refractivity contribution in [3.8, 4) is 0 Å². The Labute approximate surface area is 120 Å². The minimum Gasteiger partial charge on any atom is -0.308 e. The Kier molecular flexibility index (Phi) is 3.84. The van der Waals surface area contributed by atoms with E-state index in [4.69, 9.17) is 5.41 Å². The van der Waals surface area contributed by atoms with E-state index in [1.54, 1.807) is 24.3 Å². The van der Waals surface area contributed by atoms with Crippen LogP contribution >= 0.6 is 0 Å². The molecule has 2 rings (SSSR count). The maximum Gasteiger partial charge on any atom is 0.193 e. The summed E-state index contributed by atoms with van der Waals surface area (Å²) in [7, 11) is 0. The fourth-order valence-corrected chi connectivity index (χ4v) is 2.43. The zero-order valence-corrected chi connectivity index (χ0v) is 12.4. The van der Waals surface area contributed by atoms with Gasteiger partial charge >= 0.3 is 0 Å². The summed E-state index contributed by atoms with van der Waals surface area (Å²) >= 11 is 0. The minimum absolute atomic E-state index is 0.0586. The first-order chi connectivity index (χ1) is 9.45. The number of rotatable bonds is 3. The van der Waals surface area contributed by atoms with Crippen LogP contribution in [-0.2, 0) is 0 Å². The van der Waals surface area contributed by atoms with E-state index in [2.05, 4.69) is 6.07 Å². The number of carbonyl (C=O) groups is 1. The van der Waals surface area contributed by atoms with E-state index in [-0.39, 0.29) is 5.78 Å². The summed E-state index contributed by atoms with van der Waals surface area (Å²) in [5.41, 5.74) is 6.68. The number of ketones is 1. The van der Waals surface area contributed by atoms with Crippen molar-refractivity contribution in [3.05, 3.63) is 69.3 Å². The molecule has 0 aliphatic carbocycles. The molecule has 2 heteroatoms. The summed E-state index contributed by atoms with van der Waals surface area (Å²) < 4.78 is 0. The molecular formula is C18H19NO. The van der Waals surface area contributed by atoms with Crippen LogP contribution in [0.15, 0.2) is 30.3 Å². The van der Waals surface area contributed by atoms with Crippen LogP contribution in [0.2, 0.25) is 0 Å². The molecule has 20 heavy (non-hydrogen) atoms. The number of hydrogen-bond acceptors (Lipinski definition) is 2. The van der Waals surface area contributed by atoms with Gasteiger partial charge in [0.1, 0.15) is 0 Å². The predicted molar refractivity (Wildman–Crippen MR) is 83.2 cm³/mol. The van der Waals surface area contributed by atoms with Gasteiger partial charge in [0.2, 0.25) is 0 Å². The third-order valence-electron chi connectivity index (χ3n) is 3.93. The second kappa shape index (κ2) is 5.41. The monoisotopic (exact) mass is 265 g/mol. The van der Waals surface area contributed by atoms with Crippen molar-refractivity contribution in [2.45, 2.75) is 27.7 Å². The summed E-state index contributed by atoms with van der Waals surface area (Å²) in [5, 5.41) is 7.20. The Balaban J connectivity index is 2.55. The fourth-order valence-electron chi connectivity index (χ4n) is 2.43. The van der Waals surface area contributed by atoms with Crippen molar-refractivity contribution >= 4 is 12.0 Å². The van der Waals surface area contributed by atoms with Gasteiger partial charge < -0.3 is 5.41 Å². The number of hydrogen-bond donors (Lipinski definition) is 1. The average Bonchev–Trinajstić information content (AvgIpc) is 2.45. The lowest BCUT2D eigenvalue weighted by Crippen LogP contribution is -2.09. The molecule has 0 amide bonds. The molecule has 0 saturated heterocycles. The lowest BCUT2D eigenvalue weighted by atomic mass is 9.89. The molecule has 0 spiro atoms. The maximum absolute atomic E-state index is 12.7. The van der Waals surface area contributed by atoms with E-state index in [0.29, 0.717) is 5.56 Å². The zero-order chi connectivity index (χ0) is 14.9. The lowest BCUT2D eigenvalue weighted by Gasteiger charge is -2.14. The molecule has 0 aliphatic heterocycles. The largest absolute Gasteiger partial charge is 0.308 e. The second-order valence-corrected chi connectivity index (χ2v) is 5.23. The maximum atomic E-state index is 12.7. The smallest absolute Gasteiger partial charge is 0.193 e. The van der Waals surface area contributed by atoms with E-state index in [9.17, 15) is 4.79 Å². The molecule has 0 atom stereocenters. The van der Waals surface area contributed by atoms with E-state index in [0.717, 1.165) is 33.4 Å². The van der Waals surface area contributed by atoms with Crippen LogP contribution in [0, 0.1) is 33.1 Å². The normalized spacial score (nSPS) is 10.4. The molecule has 0 radical (unpaired) electrons. The van der Waals surface area contributed by atoms with Gasteiger partial charge in [-0.3, -0.25) is 4.79 Å². The molecule has 0 aliphatic rings. The van der Waals surface area contributed by atoms with Gasteiger partial charge in [0.15, 0.2) is 5.78 Å². The Morgan fingerprint density at radius 2 is 1.45 bits per heavy atom. The van der Waals surface area contributed by atoms with Crippen molar-refractivity contribution in [3.63, 3.8) is 0 Å². The summed E-state index contributed by atoms with van der Waals surface area (Å²) in [6, 6.07) is 9.30. The first kappa shape index (κ1) is 14.2. The van der Waals surface area contributed by atoms with Gasteiger partial charge in [-0.15, -0.1) is 0 Å². The van der Waals surface area contributed by atoms with E-state index in [1.165, 1.54) is 6.21 Å². The highest BCUT2D eigenvalue weighted by Gasteiger charge is 2.17. The SMILES string of the molecule is Cc1cc(C)c(C)c(C(=O)c2ccc(C=N)cc2)c1C. The number of aryl methyl sites for hydroxylation is 2. The third kappa shape index (κ3) is 2.42. The predicted octanol–water partition coefficient (Wildman–Crippen LogP) is 4.15. The van der Waals surface area contributed by atoms with Crippen molar-refractivity contribution in [1.29, 1.82) is 5.41 Å². The first-order valence-corrected chi connectivity index (χ1v) is 6.68. The summed E-state index contributed by atoms with van der Waals surface area (Å²) in [4.78, 5) is 12.7. The summed E-state index contributed by atoms with van der Waals surface area (Å²) in [5.74, 6) is 0.0586. The second-order valence-electron chi connectivity index (χ2n) is 5.23.